The third kappa shape index (κ3) is 7.05. The molecule has 2 atom stereocenters. The smallest absolute Gasteiger partial charge is 0.321 e. The molecule has 3 amide bonds. The quantitative estimate of drug-likeness (QED) is 0.430. The molecule has 2 fully saturated rings. The molecule has 1 aromatic heterocycles. The van der Waals surface area contributed by atoms with E-state index in [1.165, 1.54) is 6.33 Å². The third-order valence-corrected chi connectivity index (χ3v) is 8.11. The number of benzene rings is 1. The van der Waals surface area contributed by atoms with Gasteiger partial charge in [-0.25, -0.2) is 14.8 Å². The summed E-state index contributed by atoms with van der Waals surface area (Å²) in [6, 6.07) is 5.30. The maximum atomic E-state index is 13.2. The molecular formula is C28H37ClN6O4. The summed E-state index contributed by atoms with van der Waals surface area (Å²) in [4.78, 5) is 51.4. The summed E-state index contributed by atoms with van der Waals surface area (Å²) >= 11 is 6.34. The van der Waals surface area contributed by atoms with Gasteiger partial charge in [-0.1, -0.05) is 17.7 Å². The van der Waals surface area contributed by atoms with Gasteiger partial charge in [0.1, 0.15) is 6.33 Å². The Morgan fingerprint density at radius 1 is 1.05 bits per heavy atom. The van der Waals surface area contributed by atoms with Gasteiger partial charge in [-0.15, -0.1) is 0 Å². The Morgan fingerprint density at radius 3 is 2.33 bits per heavy atom. The van der Waals surface area contributed by atoms with E-state index < -0.39 is 5.97 Å². The van der Waals surface area contributed by atoms with Crippen LogP contribution < -0.4 is 10.2 Å². The molecule has 10 nitrogen and oxygen atoms in total. The van der Waals surface area contributed by atoms with Crippen molar-refractivity contribution in [3.05, 3.63) is 52.1 Å². The van der Waals surface area contributed by atoms with Gasteiger partial charge in [-0.3, -0.25) is 14.5 Å². The second kappa shape index (κ2) is 12.7. The summed E-state index contributed by atoms with van der Waals surface area (Å²) in [6.45, 7) is 10.6. The number of carboxylic acid groups (broad SMARTS) is 1. The van der Waals surface area contributed by atoms with Crippen LogP contribution in [-0.2, 0) is 4.79 Å². The fraction of sp³-hybridized carbons (Fsp3) is 0.536. The molecule has 0 spiro atoms. The van der Waals surface area contributed by atoms with Crippen LogP contribution in [0, 0.1) is 32.6 Å². The topological polar surface area (TPSA) is 119 Å². The average Bonchev–Trinajstić information content (AvgIpc) is 3.45. The van der Waals surface area contributed by atoms with E-state index in [4.69, 9.17) is 16.7 Å². The third-order valence-electron chi connectivity index (χ3n) is 7.70. The van der Waals surface area contributed by atoms with E-state index in [9.17, 15) is 14.4 Å². The van der Waals surface area contributed by atoms with Crippen LogP contribution in [0.1, 0.15) is 46.6 Å². The molecule has 2 saturated heterocycles. The first kappa shape index (κ1) is 28.8. The Morgan fingerprint density at radius 2 is 1.72 bits per heavy atom. The number of nitrogens with zero attached hydrogens (tertiary/aromatic N) is 5. The molecule has 210 valence electrons. The number of aliphatic carboxylic acids is 1. The number of likely N-dealkylation sites (tertiary alicyclic amines) is 2. The van der Waals surface area contributed by atoms with Gasteiger partial charge in [0.05, 0.1) is 17.0 Å². The maximum absolute atomic E-state index is 13.2. The predicted octanol–water partition coefficient (Wildman–Crippen LogP) is 3.53. The lowest BCUT2D eigenvalue weighted by Gasteiger charge is -2.26. The van der Waals surface area contributed by atoms with Crippen molar-refractivity contribution in [2.24, 2.45) is 11.8 Å². The summed E-state index contributed by atoms with van der Waals surface area (Å²) in [6.07, 6.45) is 2.65. The fourth-order valence-electron chi connectivity index (χ4n) is 5.58. The number of amides is 3. The highest BCUT2D eigenvalue weighted by Gasteiger charge is 2.42. The van der Waals surface area contributed by atoms with Crippen LogP contribution in [0.3, 0.4) is 0 Å². The van der Waals surface area contributed by atoms with Crippen molar-refractivity contribution in [2.75, 3.05) is 50.7 Å². The molecule has 2 unspecified atom stereocenters. The normalized spacial score (nSPS) is 18.7. The standard InChI is InChI=1S/C28H37ClN6O4/c1-18-7-8-23(12-24(18)29)35(28(39)30-9-4-6-25(36)37)11-5-10-33-13-21-15-34(16-22(21)14-33)27(38)26-19(2)31-17-32-20(26)3/h7-8,12,17,21-22H,4-6,9-11,13-16H2,1-3H3,(H,30,39)(H,36,37). The summed E-state index contributed by atoms with van der Waals surface area (Å²) in [5.41, 5.74) is 3.70. The largest absolute Gasteiger partial charge is 0.481 e. The number of hydrogen-bond acceptors (Lipinski definition) is 6. The van der Waals surface area contributed by atoms with Gasteiger partial charge in [0.25, 0.3) is 5.91 Å². The molecule has 2 aliphatic heterocycles. The predicted molar refractivity (Wildman–Crippen MR) is 149 cm³/mol. The number of fused-ring (bicyclic) bond motifs is 1. The summed E-state index contributed by atoms with van der Waals surface area (Å²) in [7, 11) is 0. The van der Waals surface area contributed by atoms with Crippen molar-refractivity contribution in [1.82, 2.24) is 25.1 Å². The number of nitrogens with one attached hydrogen (secondary N) is 1. The number of urea groups is 1. The van der Waals surface area contributed by atoms with Crippen molar-refractivity contribution in [3.63, 3.8) is 0 Å². The minimum atomic E-state index is -0.881. The summed E-state index contributed by atoms with van der Waals surface area (Å²) < 4.78 is 0. The van der Waals surface area contributed by atoms with Gasteiger partial charge in [0.2, 0.25) is 0 Å². The molecule has 0 aliphatic carbocycles. The van der Waals surface area contributed by atoms with E-state index in [1.54, 1.807) is 11.0 Å². The molecule has 0 saturated carbocycles. The van der Waals surface area contributed by atoms with Crippen LogP contribution in [-0.4, -0.2) is 88.6 Å². The number of carboxylic acids is 1. The van der Waals surface area contributed by atoms with Crippen molar-refractivity contribution in [3.8, 4) is 0 Å². The Kier molecular flexibility index (Phi) is 9.40. The zero-order chi connectivity index (χ0) is 28.1. The number of hydrogen-bond donors (Lipinski definition) is 2. The molecule has 11 heteroatoms. The first-order valence-electron chi connectivity index (χ1n) is 13.5. The van der Waals surface area contributed by atoms with Gasteiger partial charge >= 0.3 is 12.0 Å². The van der Waals surface area contributed by atoms with Gasteiger partial charge in [0.15, 0.2) is 0 Å². The minimum absolute atomic E-state index is 0.00923. The van der Waals surface area contributed by atoms with Crippen LogP contribution >= 0.6 is 11.6 Å². The van der Waals surface area contributed by atoms with Crippen LogP contribution in [0.15, 0.2) is 24.5 Å². The van der Waals surface area contributed by atoms with Gasteiger partial charge in [0, 0.05) is 56.4 Å². The molecule has 2 N–H and O–H groups in total. The lowest BCUT2D eigenvalue weighted by Crippen LogP contribution is -2.42. The molecule has 2 aliphatic rings. The number of rotatable bonds is 10. The Bertz CT molecular complexity index is 1190. The first-order valence-corrected chi connectivity index (χ1v) is 13.8. The Balaban J connectivity index is 1.30. The highest BCUT2D eigenvalue weighted by molar-refractivity contribution is 6.31. The van der Waals surface area contributed by atoms with Crippen LogP contribution in [0.4, 0.5) is 10.5 Å². The second-order valence-electron chi connectivity index (χ2n) is 10.6. The molecule has 3 heterocycles. The summed E-state index contributed by atoms with van der Waals surface area (Å²) in [5.74, 6) is 0.00869. The number of anilines is 1. The highest BCUT2D eigenvalue weighted by Crippen LogP contribution is 2.32. The lowest BCUT2D eigenvalue weighted by molar-refractivity contribution is -0.137. The number of aromatic nitrogens is 2. The molecule has 4 rings (SSSR count). The van der Waals surface area contributed by atoms with E-state index >= 15 is 0 Å². The van der Waals surface area contributed by atoms with Crippen LogP contribution in [0.5, 0.6) is 0 Å². The zero-order valence-corrected chi connectivity index (χ0v) is 23.6. The highest BCUT2D eigenvalue weighted by atomic mass is 35.5. The number of carbonyl (C=O) groups excluding carboxylic acids is 2. The molecule has 0 radical (unpaired) electrons. The average molecular weight is 557 g/mol. The van der Waals surface area contributed by atoms with Gasteiger partial charge < -0.3 is 20.2 Å². The van der Waals surface area contributed by atoms with Crippen molar-refractivity contribution in [2.45, 2.75) is 40.0 Å². The Labute approximate surface area is 234 Å². The maximum Gasteiger partial charge on any atom is 0.321 e. The number of halogens is 1. The van der Waals surface area contributed by atoms with E-state index in [0.29, 0.717) is 47.6 Å². The SMILES string of the molecule is Cc1ccc(N(CCCN2CC3CN(C(=O)c4c(C)ncnc4C)CC3C2)C(=O)NCCCC(=O)O)cc1Cl. The van der Waals surface area contributed by atoms with E-state index in [0.717, 1.165) is 56.1 Å². The van der Waals surface area contributed by atoms with E-state index in [1.807, 2.05) is 37.8 Å². The Hall–Kier alpha value is -3.24. The lowest BCUT2D eigenvalue weighted by atomic mass is 10.0. The van der Waals surface area contributed by atoms with Crippen molar-refractivity contribution < 1.29 is 19.5 Å². The summed E-state index contributed by atoms with van der Waals surface area (Å²) in [5, 5.41) is 12.3. The van der Waals surface area contributed by atoms with E-state index in [2.05, 4.69) is 20.2 Å². The van der Waals surface area contributed by atoms with Crippen molar-refractivity contribution >= 4 is 35.2 Å². The first-order chi connectivity index (χ1) is 18.6. The monoisotopic (exact) mass is 556 g/mol. The van der Waals surface area contributed by atoms with Crippen LogP contribution in [0.2, 0.25) is 5.02 Å². The van der Waals surface area contributed by atoms with Crippen molar-refractivity contribution in [1.29, 1.82) is 0 Å². The number of carbonyl (C=O) groups is 3. The molecule has 39 heavy (non-hydrogen) atoms. The van der Waals surface area contributed by atoms with Gasteiger partial charge in [-0.05, 0) is 69.7 Å². The molecular weight excluding hydrogens is 520 g/mol. The molecule has 2 aromatic rings. The molecule has 1 aromatic carbocycles. The van der Waals surface area contributed by atoms with E-state index in [-0.39, 0.29) is 18.4 Å². The van der Waals surface area contributed by atoms with Crippen LogP contribution in [0.25, 0.3) is 0 Å². The minimum Gasteiger partial charge on any atom is -0.481 e. The molecule has 0 bridgehead atoms. The van der Waals surface area contributed by atoms with Gasteiger partial charge in [-0.2, -0.15) is 0 Å². The fourth-order valence-corrected chi connectivity index (χ4v) is 5.75. The second-order valence-corrected chi connectivity index (χ2v) is 11.0. The zero-order valence-electron chi connectivity index (χ0n) is 22.8. The number of aryl methyl sites for hydroxylation is 3.